The Bertz CT molecular complexity index is 492. The van der Waals surface area contributed by atoms with Crippen molar-refractivity contribution in [1.29, 1.82) is 5.26 Å². The van der Waals surface area contributed by atoms with Crippen molar-refractivity contribution in [1.82, 2.24) is 10.6 Å². The molecule has 0 saturated carbocycles. The first-order chi connectivity index (χ1) is 9.17. The molecule has 0 spiro atoms. The zero-order valence-electron chi connectivity index (χ0n) is 10.2. The van der Waals surface area contributed by atoms with Crippen LogP contribution in [0.2, 0.25) is 5.02 Å². The second-order valence-electron chi connectivity index (χ2n) is 3.66. The largest absolute Gasteiger partial charge is 0.395 e. The van der Waals surface area contributed by atoms with Crippen LogP contribution in [0, 0.1) is 11.3 Å². The molecule has 0 bridgehead atoms. The van der Waals surface area contributed by atoms with E-state index in [1.54, 1.807) is 30.3 Å². The highest BCUT2D eigenvalue weighted by atomic mass is 35.5. The summed E-state index contributed by atoms with van der Waals surface area (Å²) in [6, 6.07) is 8.84. The fourth-order valence-corrected chi connectivity index (χ4v) is 1.39. The molecule has 0 aliphatic heterocycles. The molecule has 19 heavy (non-hydrogen) atoms. The molecule has 5 nitrogen and oxygen atoms in total. The minimum absolute atomic E-state index is 0.0394. The lowest BCUT2D eigenvalue weighted by Crippen LogP contribution is -2.25. The molecule has 100 valence electrons. The van der Waals surface area contributed by atoms with Gasteiger partial charge in [0.1, 0.15) is 11.6 Å². The number of hydrogen-bond acceptors (Lipinski definition) is 4. The molecule has 6 heteroatoms. The summed E-state index contributed by atoms with van der Waals surface area (Å²) in [5.41, 5.74) is 0.848. The van der Waals surface area contributed by atoms with Crippen LogP contribution in [0.3, 0.4) is 0 Å². The third kappa shape index (κ3) is 5.42. The summed E-state index contributed by atoms with van der Waals surface area (Å²) in [4.78, 5) is 11.7. The van der Waals surface area contributed by atoms with Gasteiger partial charge in [0.2, 0.25) is 0 Å². The van der Waals surface area contributed by atoms with Gasteiger partial charge in [0.05, 0.1) is 6.61 Å². The third-order valence-electron chi connectivity index (χ3n) is 2.23. The number of carbonyl (C=O) groups excluding carboxylic acids is 1. The van der Waals surface area contributed by atoms with Crippen molar-refractivity contribution in [2.75, 3.05) is 13.2 Å². The SMILES string of the molecule is N#C/C(=C/NCCO)C(=O)NCc1ccc(Cl)cc1. The minimum Gasteiger partial charge on any atom is -0.395 e. The standard InChI is InChI=1S/C13H14ClN3O2/c14-12-3-1-10(2-4-12)8-17-13(19)11(7-15)9-16-5-6-18/h1-4,9,16,18H,5-6,8H2,(H,17,19)/b11-9-. The van der Waals surface area contributed by atoms with Gasteiger partial charge in [-0.2, -0.15) is 5.26 Å². The Kier molecular flexibility index (Phi) is 6.44. The third-order valence-corrected chi connectivity index (χ3v) is 2.49. The second kappa shape index (κ2) is 8.14. The van der Waals surface area contributed by atoms with Gasteiger partial charge in [-0.05, 0) is 17.7 Å². The molecule has 0 fully saturated rings. The molecular weight excluding hydrogens is 266 g/mol. The van der Waals surface area contributed by atoms with E-state index in [0.717, 1.165) is 5.56 Å². The quantitative estimate of drug-likeness (QED) is 0.411. The van der Waals surface area contributed by atoms with Crippen molar-refractivity contribution in [3.63, 3.8) is 0 Å². The van der Waals surface area contributed by atoms with Gasteiger partial charge in [-0.25, -0.2) is 0 Å². The number of hydrogen-bond donors (Lipinski definition) is 3. The van der Waals surface area contributed by atoms with Crippen LogP contribution in [0.5, 0.6) is 0 Å². The van der Waals surface area contributed by atoms with Crippen molar-refractivity contribution in [3.8, 4) is 6.07 Å². The van der Waals surface area contributed by atoms with Crippen molar-refractivity contribution in [2.24, 2.45) is 0 Å². The van der Waals surface area contributed by atoms with E-state index in [1.807, 2.05) is 0 Å². The van der Waals surface area contributed by atoms with Gasteiger partial charge in [-0.3, -0.25) is 4.79 Å². The van der Waals surface area contributed by atoms with Crippen molar-refractivity contribution in [3.05, 3.63) is 46.6 Å². The first-order valence-corrected chi connectivity index (χ1v) is 6.02. The number of aliphatic hydroxyl groups excluding tert-OH is 1. The molecule has 0 aliphatic carbocycles. The van der Waals surface area contributed by atoms with E-state index in [1.165, 1.54) is 6.20 Å². The number of rotatable bonds is 6. The first-order valence-electron chi connectivity index (χ1n) is 5.64. The number of amides is 1. The molecule has 1 amide bonds. The molecule has 0 radical (unpaired) electrons. The van der Waals surface area contributed by atoms with Crippen LogP contribution in [0.4, 0.5) is 0 Å². The Morgan fingerprint density at radius 1 is 1.42 bits per heavy atom. The average molecular weight is 280 g/mol. The fraction of sp³-hybridized carbons (Fsp3) is 0.231. The van der Waals surface area contributed by atoms with E-state index in [0.29, 0.717) is 11.6 Å². The van der Waals surface area contributed by atoms with Crippen LogP contribution in [-0.2, 0) is 11.3 Å². The Morgan fingerprint density at radius 3 is 2.68 bits per heavy atom. The lowest BCUT2D eigenvalue weighted by Gasteiger charge is -2.05. The normalized spacial score (nSPS) is 10.7. The molecule has 0 aliphatic rings. The minimum atomic E-state index is -0.470. The number of nitrogens with one attached hydrogen (secondary N) is 2. The van der Waals surface area contributed by atoms with Crippen LogP contribution in [0.25, 0.3) is 0 Å². The molecule has 0 heterocycles. The molecule has 0 atom stereocenters. The zero-order chi connectivity index (χ0) is 14.1. The summed E-state index contributed by atoms with van der Waals surface area (Å²) >= 11 is 5.75. The summed E-state index contributed by atoms with van der Waals surface area (Å²) in [5.74, 6) is -0.470. The maximum atomic E-state index is 11.7. The first kappa shape index (κ1) is 15.0. The Morgan fingerprint density at radius 2 is 2.11 bits per heavy atom. The maximum Gasteiger partial charge on any atom is 0.263 e. The molecule has 0 unspecified atom stereocenters. The van der Waals surface area contributed by atoms with Gasteiger partial charge >= 0.3 is 0 Å². The molecule has 1 aromatic rings. The second-order valence-corrected chi connectivity index (χ2v) is 4.09. The Labute approximate surface area is 116 Å². The number of halogens is 1. The molecular formula is C13H14ClN3O2. The van der Waals surface area contributed by atoms with Crippen LogP contribution < -0.4 is 10.6 Å². The molecule has 1 rings (SSSR count). The van der Waals surface area contributed by atoms with E-state index in [4.69, 9.17) is 22.0 Å². The van der Waals surface area contributed by atoms with Crippen LogP contribution in [0.15, 0.2) is 36.0 Å². The summed E-state index contributed by atoms with van der Waals surface area (Å²) in [6.45, 7) is 0.534. The van der Waals surface area contributed by atoms with Crippen molar-refractivity contribution < 1.29 is 9.90 Å². The number of benzene rings is 1. The van der Waals surface area contributed by atoms with Gasteiger partial charge in [-0.1, -0.05) is 23.7 Å². The average Bonchev–Trinajstić information content (AvgIpc) is 2.43. The molecule has 0 saturated heterocycles. The van der Waals surface area contributed by atoms with Crippen LogP contribution in [0.1, 0.15) is 5.56 Å². The summed E-state index contributed by atoms with van der Waals surface area (Å²) in [7, 11) is 0. The number of nitrogens with zero attached hydrogens (tertiary/aromatic N) is 1. The Balaban J connectivity index is 2.51. The fourth-order valence-electron chi connectivity index (χ4n) is 1.27. The van der Waals surface area contributed by atoms with Gasteiger partial charge in [0.25, 0.3) is 5.91 Å². The summed E-state index contributed by atoms with van der Waals surface area (Å²) < 4.78 is 0. The lowest BCUT2D eigenvalue weighted by atomic mass is 10.2. The highest BCUT2D eigenvalue weighted by Crippen LogP contribution is 2.09. The van der Waals surface area contributed by atoms with Crippen LogP contribution >= 0.6 is 11.6 Å². The van der Waals surface area contributed by atoms with Crippen LogP contribution in [-0.4, -0.2) is 24.2 Å². The summed E-state index contributed by atoms with van der Waals surface area (Å²) in [5, 5.41) is 23.3. The van der Waals surface area contributed by atoms with Crippen molar-refractivity contribution in [2.45, 2.75) is 6.54 Å². The maximum absolute atomic E-state index is 11.7. The summed E-state index contributed by atoms with van der Waals surface area (Å²) in [6.07, 6.45) is 1.29. The lowest BCUT2D eigenvalue weighted by molar-refractivity contribution is -0.117. The van der Waals surface area contributed by atoms with Gasteiger partial charge in [0, 0.05) is 24.3 Å². The smallest absolute Gasteiger partial charge is 0.263 e. The van der Waals surface area contributed by atoms with E-state index >= 15 is 0 Å². The molecule has 3 N–H and O–H groups in total. The van der Waals surface area contributed by atoms with Crippen molar-refractivity contribution >= 4 is 17.5 Å². The monoisotopic (exact) mass is 279 g/mol. The van der Waals surface area contributed by atoms with E-state index in [2.05, 4.69) is 10.6 Å². The van der Waals surface area contributed by atoms with Gasteiger partial charge in [-0.15, -0.1) is 0 Å². The predicted octanol–water partition coefficient (Wildman–Crippen LogP) is 0.946. The molecule has 1 aromatic carbocycles. The Hall–Kier alpha value is -2.03. The van der Waals surface area contributed by atoms with E-state index in [9.17, 15) is 4.79 Å². The topological polar surface area (TPSA) is 85.2 Å². The van der Waals surface area contributed by atoms with E-state index < -0.39 is 5.91 Å². The number of nitriles is 1. The number of carbonyl (C=O) groups is 1. The van der Waals surface area contributed by atoms with Gasteiger partial charge < -0.3 is 15.7 Å². The zero-order valence-corrected chi connectivity index (χ0v) is 10.9. The van der Waals surface area contributed by atoms with E-state index in [-0.39, 0.29) is 18.7 Å². The van der Waals surface area contributed by atoms with Gasteiger partial charge in [0.15, 0.2) is 0 Å². The predicted molar refractivity (Wildman–Crippen MR) is 72.1 cm³/mol. The highest BCUT2D eigenvalue weighted by Gasteiger charge is 2.07. The highest BCUT2D eigenvalue weighted by molar-refractivity contribution is 6.30. The molecule has 0 aromatic heterocycles. The number of aliphatic hydroxyl groups is 1.